The Morgan fingerprint density at radius 3 is 2.56 bits per heavy atom. The van der Waals surface area contributed by atoms with Crippen molar-refractivity contribution in [3.05, 3.63) is 22.4 Å². The van der Waals surface area contributed by atoms with Crippen LogP contribution in [-0.2, 0) is 6.54 Å². The Bertz CT molecular complexity index is 260. The summed E-state index contributed by atoms with van der Waals surface area (Å²) in [6, 6.07) is 4.35. The zero-order chi connectivity index (χ0) is 11.1. The molecule has 0 bridgehead atoms. The van der Waals surface area contributed by atoms with Gasteiger partial charge in [0.25, 0.3) is 0 Å². The van der Waals surface area contributed by atoms with Gasteiger partial charge in [-0.15, -0.1) is 11.3 Å². The maximum absolute atomic E-state index is 3.62. The van der Waals surface area contributed by atoms with Gasteiger partial charge in [-0.25, -0.2) is 0 Å². The van der Waals surface area contributed by atoms with Gasteiger partial charge < -0.3 is 5.32 Å². The largest absolute Gasteiger partial charge is 0.312 e. The van der Waals surface area contributed by atoms with E-state index in [2.05, 4.69) is 22.8 Å². The summed E-state index contributed by atoms with van der Waals surface area (Å²) in [7, 11) is 0. The normalized spacial score (nSPS) is 19.2. The van der Waals surface area contributed by atoms with Crippen molar-refractivity contribution in [1.82, 2.24) is 5.32 Å². The molecule has 0 atom stereocenters. The van der Waals surface area contributed by atoms with Gasteiger partial charge in [0.2, 0.25) is 0 Å². The predicted molar refractivity (Wildman–Crippen MR) is 71.8 cm³/mol. The topological polar surface area (TPSA) is 12.0 Å². The standard InChI is InChI=1S/C14H23NS/c1-2-4-7-13(8-5-3-1)11-15-12-14-9-6-10-16-14/h6,9-10,13,15H,1-5,7-8,11-12H2. The predicted octanol–water partition coefficient (Wildman–Crippen LogP) is 4.20. The molecule has 0 amide bonds. The van der Waals surface area contributed by atoms with E-state index in [9.17, 15) is 0 Å². The zero-order valence-corrected chi connectivity index (χ0v) is 10.9. The maximum atomic E-state index is 3.62. The van der Waals surface area contributed by atoms with Crippen molar-refractivity contribution in [3.63, 3.8) is 0 Å². The minimum Gasteiger partial charge on any atom is -0.312 e. The van der Waals surface area contributed by atoms with E-state index in [1.165, 1.54) is 56.4 Å². The molecule has 0 saturated heterocycles. The summed E-state index contributed by atoms with van der Waals surface area (Å²) in [6.07, 6.45) is 10.2. The van der Waals surface area contributed by atoms with Gasteiger partial charge in [0, 0.05) is 11.4 Å². The van der Waals surface area contributed by atoms with Crippen molar-refractivity contribution in [3.8, 4) is 0 Å². The first-order valence-corrected chi connectivity index (χ1v) is 7.56. The number of hydrogen-bond acceptors (Lipinski definition) is 2. The highest BCUT2D eigenvalue weighted by Crippen LogP contribution is 2.21. The third-order valence-corrected chi connectivity index (χ3v) is 4.41. The lowest BCUT2D eigenvalue weighted by Crippen LogP contribution is -2.22. The summed E-state index contributed by atoms with van der Waals surface area (Å²) in [5.74, 6) is 0.931. The van der Waals surface area contributed by atoms with Crippen LogP contribution in [0.2, 0.25) is 0 Å². The summed E-state index contributed by atoms with van der Waals surface area (Å²) in [4.78, 5) is 1.46. The van der Waals surface area contributed by atoms with Gasteiger partial charge in [-0.05, 0) is 36.8 Å². The van der Waals surface area contributed by atoms with Gasteiger partial charge in [0.15, 0.2) is 0 Å². The van der Waals surface area contributed by atoms with E-state index >= 15 is 0 Å². The average molecular weight is 237 g/mol. The van der Waals surface area contributed by atoms with Crippen LogP contribution in [0.5, 0.6) is 0 Å². The van der Waals surface area contributed by atoms with Crippen LogP contribution in [0.25, 0.3) is 0 Å². The van der Waals surface area contributed by atoms with Crippen molar-refractivity contribution in [1.29, 1.82) is 0 Å². The molecule has 0 unspecified atom stereocenters. The van der Waals surface area contributed by atoms with Gasteiger partial charge >= 0.3 is 0 Å². The van der Waals surface area contributed by atoms with Gasteiger partial charge in [0.05, 0.1) is 0 Å². The molecule has 1 aromatic heterocycles. The second-order valence-corrected chi connectivity index (χ2v) is 5.95. The lowest BCUT2D eigenvalue weighted by molar-refractivity contribution is 0.361. The van der Waals surface area contributed by atoms with Gasteiger partial charge in [0.1, 0.15) is 0 Å². The molecule has 0 radical (unpaired) electrons. The minimum atomic E-state index is 0.931. The van der Waals surface area contributed by atoms with Crippen LogP contribution < -0.4 is 5.32 Å². The van der Waals surface area contributed by atoms with E-state index < -0.39 is 0 Å². The Labute approximate surface area is 103 Å². The highest BCUT2D eigenvalue weighted by atomic mass is 32.1. The van der Waals surface area contributed by atoms with Crippen molar-refractivity contribution in [2.24, 2.45) is 5.92 Å². The number of thiophene rings is 1. The monoisotopic (exact) mass is 237 g/mol. The molecular formula is C14H23NS. The van der Waals surface area contributed by atoms with E-state index in [0.29, 0.717) is 0 Å². The van der Waals surface area contributed by atoms with Crippen molar-refractivity contribution >= 4 is 11.3 Å². The molecule has 1 heterocycles. The van der Waals surface area contributed by atoms with Crippen LogP contribution in [0.15, 0.2) is 17.5 Å². The number of nitrogens with one attached hydrogen (secondary N) is 1. The molecule has 1 aliphatic carbocycles. The van der Waals surface area contributed by atoms with Crippen LogP contribution in [0, 0.1) is 5.92 Å². The molecule has 1 saturated carbocycles. The molecule has 1 aliphatic rings. The zero-order valence-electron chi connectivity index (χ0n) is 10.1. The second-order valence-electron chi connectivity index (χ2n) is 4.92. The Kier molecular flexibility index (Phi) is 5.36. The minimum absolute atomic E-state index is 0.931. The second kappa shape index (κ2) is 7.08. The molecule has 16 heavy (non-hydrogen) atoms. The molecular weight excluding hydrogens is 214 g/mol. The van der Waals surface area contributed by atoms with Crippen molar-refractivity contribution in [2.75, 3.05) is 6.54 Å². The molecule has 90 valence electrons. The van der Waals surface area contributed by atoms with E-state index in [4.69, 9.17) is 0 Å². The molecule has 1 N–H and O–H groups in total. The van der Waals surface area contributed by atoms with E-state index in [1.807, 2.05) is 11.3 Å². The van der Waals surface area contributed by atoms with Gasteiger partial charge in [-0.1, -0.05) is 38.2 Å². The SMILES string of the molecule is c1csc(CNCC2CCCCCCC2)c1. The lowest BCUT2D eigenvalue weighted by atomic mass is 9.91. The number of hydrogen-bond donors (Lipinski definition) is 1. The summed E-state index contributed by atoms with van der Waals surface area (Å²) >= 11 is 1.85. The van der Waals surface area contributed by atoms with Crippen LogP contribution in [0.4, 0.5) is 0 Å². The Hall–Kier alpha value is -0.340. The van der Waals surface area contributed by atoms with E-state index in [1.54, 1.807) is 0 Å². The summed E-state index contributed by atoms with van der Waals surface area (Å²) < 4.78 is 0. The molecule has 1 aromatic rings. The molecule has 1 fully saturated rings. The molecule has 0 spiro atoms. The third-order valence-electron chi connectivity index (χ3n) is 3.54. The molecule has 1 nitrogen and oxygen atoms in total. The lowest BCUT2D eigenvalue weighted by Gasteiger charge is -2.19. The van der Waals surface area contributed by atoms with Crippen molar-refractivity contribution in [2.45, 2.75) is 51.5 Å². The summed E-state index contributed by atoms with van der Waals surface area (Å²) in [5.41, 5.74) is 0. The summed E-state index contributed by atoms with van der Waals surface area (Å²) in [5, 5.41) is 5.78. The molecule has 2 heteroatoms. The smallest absolute Gasteiger partial charge is 0.0299 e. The van der Waals surface area contributed by atoms with Gasteiger partial charge in [-0.3, -0.25) is 0 Å². The summed E-state index contributed by atoms with van der Waals surface area (Å²) in [6.45, 7) is 2.28. The fourth-order valence-electron chi connectivity index (χ4n) is 2.56. The molecule has 2 rings (SSSR count). The first-order valence-electron chi connectivity index (χ1n) is 6.68. The fourth-order valence-corrected chi connectivity index (χ4v) is 3.23. The highest BCUT2D eigenvalue weighted by Gasteiger charge is 2.10. The van der Waals surface area contributed by atoms with Gasteiger partial charge in [-0.2, -0.15) is 0 Å². The van der Waals surface area contributed by atoms with Crippen LogP contribution >= 0.6 is 11.3 Å². The molecule has 0 aliphatic heterocycles. The highest BCUT2D eigenvalue weighted by molar-refractivity contribution is 7.09. The quantitative estimate of drug-likeness (QED) is 0.827. The van der Waals surface area contributed by atoms with E-state index in [0.717, 1.165) is 12.5 Å². The number of rotatable bonds is 4. The Balaban J connectivity index is 1.64. The van der Waals surface area contributed by atoms with Crippen molar-refractivity contribution < 1.29 is 0 Å². The van der Waals surface area contributed by atoms with E-state index in [-0.39, 0.29) is 0 Å². The first-order chi connectivity index (χ1) is 7.95. The fraction of sp³-hybridized carbons (Fsp3) is 0.714. The average Bonchev–Trinajstić information content (AvgIpc) is 2.73. The third kappa shape index (κ3) is 4.26. The first kappa shape index (κ1) is 12.1. The van der Waals surface area contributed by atoms with Crippen LogP contribution in [0.3, 0.4) is 0 Å². The molecule has 0 aromatic carbocycles. The maximum Gasteiger partial charge on any atom is 0.0299 e. The van der Waals surface area contributed by atoms with Crippen LogP contribution in [-0.4, -0.2) is 6.54 Å². The Morgan fingerprint density at radius 2 is 1.88 bits per heavy atom. The Morgan fingerprint density at radius 1 is 1.12 bits per heavy atom. The van der Waals surface area contributed by atoms with Crippen LogP contribution in [0.1, 0.15) is 49.8 Å².